The molecule has 0 fully saturated rings. The fraction of sp³-hybridized carbons (Fsp3) is 1.00. The first-order valence-corrected chi connectivity index (χ1v) is 5.62. The largest absolute Gasteiger partial charge is 0.297 e. The van der Waals surface area contributed by atoms with Crippen molar-refractivity contribution in [2.24, 2.45) is 0 Å². The maximum Gasteiger partial charge on any atom is 0.227 e. The standard InChI is InChI=1S/C2H6O2S3/c1-2-5-6-7(3)4/h2H2,1H3,(H,3,4). The van der Waals surface area contributed by atoms with Crippen LogP contribution in [-0.4, -0.2) is 14.5 Å². The SMILES string of the molecule is CCSSS(=O)O. The van der Waals surface area contributed by atoms with Crippen LogP contribution < -0.4 is 0 Å². The first kappa shape index (κ1) is 7.81. The van der Waals surface area contributed by atoms with Gasteiger partial charge in [-0.3, -0.25) is 4.55 Å². The highest BCUT2D eigenvalue weighted by Crippen LogP contribution is 2.22. The molecule has 0 aliphatic heterocycles. The van der Waals surface area contributed by atoms with Crippen molar-refractivity contribution >= 4 is 30.7 Å². The Bertz CT molecular complexity index is 64.0. The Morgan fingerprint density at radius 3 is 2.57 bits per heavy atom. The average molecular weight is 158 g/mol. The minimum atomic E-state index is -1.69. The van der Waals surface area contributed by atoms with Crippen molar-refractivity contribution in [2.45, 2.75) is 6.92 Å². The zero-order valence-corrected chi connectivity index (χ0v) is 6.24. The van der Waals surface area contributed by atoms with Crippen molar-refractivity contribution in [3.8, 4) is 0 Å². The molecule has 0 radical (unpaired) electrons. The Morgan fingerprint density at radius 1 is 1.86 bits per heavy atom. The van der Waals surface area contributed by atoms with Crippen molar-refractivity contribution in [3.63, 3.8) is 0 Å². The summed E-state index contributed by atoms with van der Waals surface area (Å²) in [5.74, 6) is 0.872. The van der Waals surface area contributed by atoms with Gasteiger partial charge in [0.15, 0.2) is 0 Å². The number of rotatable bonds is 3. The second-order valence-corrected chi connectivity index (χ2v) is 5.27. The lowest BCUT2D eigenvalue weighted by Gasteiger charge is -1.85. The summed E-state index contributed by atoms with van der Waals surface area (Å²) in [5.41, 5.74) is 0. The van der Waals surface area contributed by atoms with Gasteiger partial charge >= 0.3 is 0 Å². The summed E-state index contributed by atoms with van der Waals surface area (Å²) in [7, 11) is 0.673. The van der Waals surface area contributed by atoms with Crippen molar-refractivity contribution in [1.29, 1.82) is 0 Å². The van der Waals surface area contributed by atoms with Crippen molar-refractivity contribution in [1.82, 2.24) is 0 Å². The van der Waals surface area contributed by atoms with Crippen LogP contribution in [0.3, 0.4) is 0 Å². The Kier molecular flexibility index (Phi) is 5.53. The third-order valence-electron chi connectivity index (χ3n) is 0.224. The normalized spacial score (nSPS) is 14.0. The minimum absolute atomic E-state index is 0.872. The van der Waals surface area contributed by atoms with Crippen LogP contribution in [0.25, 0.3) is 0 Å². The summed E-state index contributed by atoms with van der Waals surface area (Å²) in [4.78, 5) is 0. The molecule has 0 aliphatic carbocycles. The van der Waals surface area contributed by atoms with E-state index in [-0.39, 0.29) is 0 Å². The number of hydrogen-bond donors (Lipinski definition) is 1. The highest BCUT2D eigenvalue weighted by molar-refractivity contribution is 9.04. The molecular weight excluding hydrogens is 152 g/mol. The van der Waals surface area contributed by atoms with Gasteiger partial charge in [-0.2, -0.15) is 0 Å². The second-order valence-electron chi connectivity index (χ2n) is 0.692. The Hall–Kier alpha value is 0.810. The molecule has 1 atom stereocenters. The van der Waals surface area contributed by atoms with Crippen LogP contribution in [0.15, 0.2) is 0 Å². The molecule has 0 saturated heterocycles. The molecule has 0 saturated carbocycles. The van der Waals surface area contributed by atoms with Crippen LogP contribution in [0.2, 0.25) is 0 Å². The minimum Gasteiger partial charge on any atom is -0.297 e. The molecule has 0 spiro atoms. The molecule has 0 aromatic carbocycles. The quantitative estimate of drug-likeness (QED) is 0.499. The molecule has 44 valence electrons. The van der Waals surface area contributed by atoms with Crippen LogP contribution in [0.4, 0.5) is 0 Å². The molecule has 7 heavy (non-hydrogen) atoms. The van der Waals surface area contributed by atoms with Gasteiger partial charge < -0.3 is 0 Å². The predicted molar refractivity (Wildman–Crippen MR) is 36.5 cm³/mol. The molecule has 0 heterocycles. The van der Waals surface area contributed by atoms with E-state index in [4.69, 9.17) is 4.55 Å². The molecule has 0 aromatic rings. The van der Waals surface area contributed by atoms with Gasteiger partial charge in [-0.05, 0) is 0 Å². The lowest BCUT2D eigenvalue weighted by Crippen LogP contribution is -1.70. The molecular formula is C2H6O2S3. The van der Waals surface area contributed by atoms with E-state index in [0.717, 1.165) is 15.6 Å². The van der Waals surface area contributed by atoms with Crippen molar-refractivity contribution in [3.05, 3.63) is 0 Å². The van der Waals surface area contributed by atoms with Gasteiger partial charge in [-0.1, -0.05) is 17.7 Å². The molecule has 0 rings (SSSR count). The lowest BCUT2D eigenvalue weighted by atomic mass is 11.0. The van der Waals surface area contributed by atoms with Gasteiger partial charge in [0.1, 0.15) is 0 Å². The molecule has 1 unspecified atom stereocenters. The Balaban J connectivity index is 2.82. The van der Waals surface area contributed by atoms with Crippen LogP contribution in [0, 0.1) is 0 Å². The van der Waals surface area contributed by atoms with Gasteiger partial charge in [0.05, 0.1) is 0 Å². The molecule has 2 nitrogen and oxygen atoms in total. The summed E-state index contributed by atoms with van der Waals surface area (Å²) in [5, 5.41) is 0. The summed E-state index contributed by atoms with van der Waals surface area (Å²) < 4.78 is 17.9. The van der Waals surface area contributed by atoms with Gasteiger partial charge in [0.25, 0.3) is 0 Å². The smallest absolute Gasteiger partial charge is 0.227 e. The predicted octanol–water partition coefficient (Wildman–Crippen LogP) is 1.52. The third kappa shape index (κ3) is 6.81. The maximum absolute atomic E-state index is 9.81. The van der Waals surface area contributed by atoms with Crippen molar-refractivity contribution in [2.75, 3.05) is 5.75 Å². The average Bonchev–Trinajstić information content (AvgIpc) is 1.61. The van der Waals surface area contributed by atoms with E-state index >= 15 is 0 Å². The van der Waals surface area contributed by atoms with E-state index < -0.39 is 10.1 Å². The summed E-state index contributed by atoms with van der Waals surface area (Å²) in [6.07, 6.45) is 0. The Morgan fingerprint density at radius 2 is 2.43 bits per heavy atom. The van der Waals surface area contributed by atoms with Gasteiger partial charge in [0, 0.05) is 15.6 Å². The van der Waals surface area contributed by atoms with Crippen LogP contribution >= 0.6 is 20.6 Å². The van der Waals surface area contributed by atoms with E-state index in [0.29, 0.717) is 0 Å². The zero-order valence-electron chi connectivity index (χ0n) is 3.79. The van der Waals surface area contributed by atoms with Gasteiger partial charge in [-0.25, -0.2) is 4.21 Å². The van der Waals surface area contributed by atoms with Gasteiger partial charge in [0.2, 0.25) is 10.1 Å². The van der Waals surface area contributed by atoms with E-state index in [1.54, 1.807) is 0 Å². The third-order valence-corrected chi connectivity index (χ3v) is 3.93. The highest BCUT2D eigenvalue weighted by atomic mass is 33.5. The summed E-state index contributed by atoms with van der Waals surface area (Å²) in [6, 6.07) is 0. The highest BCUT2D eigenvalue weighted by Gasteiger charge is 1.89. The molecule has 5 heteroatoms. The fourth-order valence-corrected chi connectivity index (χ4v) is 2.41. The molecule has 0 bridgehead atoms. The van der Waals surface area contributed by atoms with E-state index in [1.807, 2.05) is 6.92 Å². The van der Waals surface area contributed by atoms with Crippen molar-refractivity contribution < 1.29 is 8.76 Å². The van der Waals surface area contributed by atoms with Gasteiger partial charge in [-0.15, -0.1) is 0 Å². The fourth-order valence-electron chi connectivity index (χ4n) is 0.0893. The second kappa shape index (κ2) is 4.96. The zero-order chi connectivity index (χ0) is 5.70. The summed E-state index contributed by atoms with van der Waals surface area (Å²) >= 11 is 0. The van der Waals surface area contributed by atoms with E-state index in [2.05, 4.69) is 0 Å². The van der Waals surface area contributed by atoms with E-state index in [1.165, 1.54) is 10.8 Å². The molecule has 0 aromatic heterocycles. The first-order chi connectivity index (χ1) is 3.27. The maximum atomic E-state index is 9.81. The lowest BCUT2D eigenvalue weighted by molar-refractivity contribution is 0.581. The topological polar surface area (TPSA) is 37.3 Å². The molecule has 0 aliphatic rings. The molecule has 0 amide bonds. The number of hydrogen-bond acceptors (Lipinski definition) is 3. The Labute approximate surface area is 52.5 Å². The van der Waals surface area contributed by atoms with Crippen LogP contribution in [-0.2, 0) is 10.1 Å². The molecule has 1 N–H and O–H groups in total. The first-order valence-electron chi connectivity index (χ1n) is 1.68. The summed E-state index contributed by atoms with van der Waals surface area (Å²) in [6.45, 7) is 1.94. The monoisotopic (exact) mass is 158 g/mol. The van der Waals surface area contributed by atoms with Crippen LogP contribution in [0.5, 0.6) is 0 Å². The van der Waals surface area contributed by atoms with Crippen LogP contribution in [0.1, 0.15) is 6.92 Å². The van der Waals surface area contributed by atoms with E-state index in [9.17, 15) is 4.21 Å².